The molecule has 1 saturated heterocycles. The van der Waals surface area contributed by atoms with Gasteiger partial charge in [0.05, 0.1) is 17.7 Å². The summed E-state index contributed by atoms with van der Waals surface area (Å²) in [7, 11) is 1.69. The van der Waals surface area contributed by atoms with Gasteiger partial charge in [-0.2, -0.15) is 0 Å². The van der Waals surface area contributed by atoms with E-state index >= 15 is 0 Å². The molecule has 128 valence electrons. The zero-order valence-corrected chi connectivity index (χ0v) is 14.0. The molecule has 0 unspecified atom stereocenters. The fourth-order valence-corrected chi connectivity index (χ4v) is 5.08. The van der Waals surface area contributed by atoms with Crippen LogP contribution in [0.4, 0.5) is 0 Å². The van der Waals surface area contributed by atoms with Crippen molar-refractivity contribution in [2.45, 2.75) is 43.4 Å². The van der Waals surface area contributed by atoms with Gasteiger partial charge in [0, 0.05) is 20.1 Å². The molecule has 1 N–H and O–H groups in total. The van der Waals surface area contributed by atoms with Gasteiger partial charge in [-0.05, 0) is 54.6 Å². The number of methoxy groups -OCH3 is 1. The topological polar surface area (TPSA) is 51.2 Å². The predicted molar refractivity (Wildman–Crippen MR) is 88.3 cm³/mol. The minimum Gasteiger partial charge on any atom is -0.454 e. The summed E-state index contributed by atoms with van der Waals surface area (Å²) in [5.74, 6) is 1.71. The van der Waals surface area contributed by atoms with Crippen molar-refractivity contribution in [3.8, 4) is 11.5 Å². The molecule has 0 amide bonds. The Morgan fingerprint density at radius 1 is 1.21 bits per heavy atom. The fraction of sp³-hybridized carbons (Fsp3) is 0.579. The molecule has 24 heavy (non-hydrogen) atoms. The molecule has 5 heteroatoms. The van der Waals surface area contributed by atoms with Gasteiger partial charge < -0.3 is 19.3 Å². The molecule has 1 aromatic carbocycles. The van der Waals surface area contributed by atoms with Crippen LogP contribution in [0.25, 0.3) is 0 Å². The van der Waals surface area contributed by atoms with Crippen molar-refractivity contribution >= 4 is 0 Å². The summed E-state index contributed by atoms with van der Waals surface area (Å²) >= 11 is 0. The lowest BCUT2D eigenvalue weighted by atomic mass is 9.72. The molecule has 5 rings (SSSR count). The maximum Gasteiger partial charge on any atom is 0.231 e. The monoisotopic (exact) mass is 329 g/mol. The van der Waals surface area contributed by atoms with Crippen LogP contribution in [0.3, 0.4) is 0 Å². The highest BCUT2D eigenvalue weighted by molar-refractivity contribution is 5.55. The summed E-state index contributed by atoms with van der Waals surface area (Å²) in [5, 5.41) is 10.4. The number of rotatable bonds is 1. The van der Waals surface area contributed by atoms with Crippen LogP contribution in [-0.4, -0.2) is 49.2 Å². The summed E-state index contributed by atoms with van der Waals surface area (Å²) in [4.78, 5) is 2.59. The highest BCUT2D eigenvalue weighted by Gasteiger charge is 2.52. The standard InChI is InChI=1S/C19H23NO4/c1-22-18-10-19-13(8-15(18)21)4-6-20(19)5-2-3-12-7-16-17(9-14(12)19)24-11-23-16/h7-9,15,18,21H,2-6,10-11H2,1H3/t15-,18+,19-/m0/s1. The van der Waals surface area contributed by atoms with Crippen LogP contribution in [0.15, 0.2) is 23.8 Å². The number of fused-ring (bicyclic) bond motifs is 2. The minimum atomic E-state index is -0.517. The maximum absolute atomic E-state index is 10.4. The van der Waals surface area contributed by atoms with Crippen LogP contribution in [0, 0.1) is 0 Å². The number of benzene rings is 1. The molecular weight excluding hydrogens is 306 g/mol. The van der Waals surface area contributed by atoms with Gasteiger partial charge in [-0.15, -0.1) is 0 Å². The summed E-state index contributed by atoms with van der Waals surface area (Å²) in [6.07, 6.45) is 5.35. The van der Waals surface area contributed by atoms with Gasteiger partial charge in [-0.3, -0.25) is 4.90 Å². The Kier molecular flexibility index (Phi) is 3.21. The van der Waals surface area contributed by atoms with Crippen LogP contribution in [-0.2, 0) is 16.7 Å². The zero-order chi connectivity index (χ0) is 16.3. The third-order valence-electron chi connectivity index (χ3n) is 6.19. The van der Waals surface area contributed by atoms with Gasteiger partial charge >= 0.3 is 0 Å². The summed E-state index contributed by atoms with van der Waals surface area (Å²) in [6, 6.07) is 4.35. The molecule has 1 aromatic rings. The van der Waals surface area contributed by atoms with E-state index in [0.717, 1.165) is 50.3 Å². The fourth-order valence-electron chi connectivity index (χ4n) is 5.08. The van der Waals surface area contributed by atoms with Gasteiger partial charge in [0.1, 0.15) is 0 Å². The van der Waals surface area contributed by atoms with Crippen LogP contribution in [0.1, 0.15) is 30.4 Å². The molecule has 0 bridgehead atoms. The molecular formula is C19H23NO4. The van der Waals surface area contributed by atoms with Crippen molar-refractivity contribution in [2.24, 2.45) is 0 Å². The van der Waals surface area contributed by atoms with E-state index in [9.17, 15) is 5.11 Å². The molecule has 3 aliphatic heterocycles. The quantitative estimate of drug-likeness (QED) is 0.799. The average molecular weight is 329 g/mol. The second-order valence-electron chi connectivity index (χ2n) is 7.22. The molecule has 0 saturated carbocycles. The van der Waals surface area contributed by atoms with Crippen LogP contribution >= 0.6 is 0 Å². The normalized spacial score (nSPS) is 34.2. The van der Waals surface area contributed by atoms with Crippen molar-refractivity contribution in [3.63, 3.8) is 0 Å². The van der Waals surface area contributed by atoms with E-state index in [-0.39, 0.29) is 11.6 Å². The van der Waals surface area contributed by atoms with Crippen molar-refractivity contribution in [1.29, 1.82) is 0 Å². The third kappa shape index (κ3) is 1.86. The first-order valence-electron chi connectivity index (χ1n) is 8.82. The van der Waals surface area contributed by atoms with Crippen LogP contribution in [0.2, 0.25) is 0 Å². The van der Waals surface area contributed by atoms with E-state index in [1.165, 1.54) is 16.7 Å². The second-order valence-corrected chi connectivity index (χ2v) is 7.22. The Labute approximate surface area is 141 Å². The van der Waals surface area contributed by atoms with Gasteiger partial charge in [0.15, 0.2) is 11.5 Å². The van der Waals surface area contributed by atoms with Crippen LogP contribution in [0.5, 0.6) is 11.5 Å². The van der Waals surface area contributed by atoms with Gasteiger partial charge in [-0.25, -0.2) is 0 Å². The molecule has 3 heterocycles. The van der Waals surface area contributed by atoms with Crippen molar-refractivity contribution in [2.75, 3.05) is 27.0 Å². The first kappa shape index (κ1) is 14.8. The van der Waals surface area contributed by atoms with E-state index in [1.54, 1.807) is 7.11 Å². The molecule has 1 spiro atoms. The van der Waals surface area contributed by atoms with E-state index in [0.29, 0.717) is 6.79 Å². The van der Waals surface area contributed by atoms with Gasteiger partial charge in [-0.1, -0.05) is 6.08 Å². The van der Waals surface area contributed by atoms with Crippen molar-refractivity contribution in [3.05, 3.63) is 34.9 Å². The van der Waals surface area contributed by atoms with E-state index in [2.05, 4.69) is 17.0 Å². The number of hydrogen-bond acceptors (Lipinski definition) is 5. The molecule has 0 radical (unpaired) electrons. The number of aryl methyl sites for hydroxylation is 1. The predicted octanol–water partition coefficient (Wildman–Crippen LogP) is 1.97. The largest absolute Gasteiger partial charge is 0.454 e. The third-order valence-corrected chi connectivity index (χ3v) is 6.19. The number of aliphatic hydroxyl groups excluding tert-OH is 1. The first-order chi connectivity index (χ1) is 11.7. The van der Waals surface area contributed by atoms with Gasteiger partial charge in [0.25, 0.3) is 0 Å². The number of ether oxygens (including phenoxy) is 3. The Hall–Kier alpha value is -1.56. The maximum atomic E-state index is 10.4. The molecule has 0 aromatic heterocycles. The second kappa shape index (κ2) is 5.22. The molecule has 4 aliphatic rings. The first-order valence-corrected chi connectivity index (χ1v) is 8.82. The summed E-state index contributed by atoms with van der Waals surface area (Å²) < 4.78 is 16.9. The van der Waals surface area contributed by atoms with Crippen molar-refractivity contribution < 1.29 is 19.3 Å². The lowest BCUT2D eigenvalue weighted by molar-refractivity contribution is -0.0317. The lowest BCUT2D eigenvalue weighted by Crippen LogP contribution is -2.49. The number of hydrogen-bond donors (Lipinski definition) is 1. The molecule has 1 aliphatic carbocycles. The Morgan fingerprint density at radius 2 is 2.04 bits per heavy atom. The highest BCUT2D eigenvalue weighted by Crippen LogP contribution is 2.54. The SMILES string of the molecule is CO[C@@H]1C[C@@]23C(=C[C@@H]1O)CCN2CCCc1cc2c(cc13)OCO2. The van der Waals surface area contributed by atoms with Crippen LogP contribution < -0.4 is 9.47 Å². The smallest absolute Gasteiger partial charge is 0.231 e. The number of nitrogens with zero attached hydrogens (tertiary/aromatic N) is 1. The Bertz CT molecular complexity index is 716. The van der Waals surface area contributed by atoms with E-state index in [4.69, 9.17) is 14.2 Å². The zero-order valence-electron chi connectivity index (χ0n) is 14.0. The summed E-state index contributed by atoms with van der Waals surface area (Å²) in [6.45, 7) is 2.42. The molecule has 5 nitrogen and oxygen atoms in total. The van der Waals surface area contributed by atoms with Crippen molar-refractivity contribution in [1.82, 2.24) is 4.90 Å². The Morgan fingerprint density at radius 3 is 2.88 bits per heavy atom. The minimum absolute atomic E-state index is 0.160. The summed E-state index contributed by atoms with van der Waals surface area (Å²) in [5.41, 5.74) is 3.85. The van der Waals surface area contributed by atoms with Gasteiger partial charge in [0.2, 0.25) is 6.79 Å². The average Bonchev–Trinajstić information content (AvgIpc) is 3.14. The molecule has 1 fully saturated rings. The Balaban J connectivity index is 1.73. The molecule has 3 atom stereocenters. The lowest BCUT2D eigenvalue weighted by Gasteiger charge is -2.45. The highest BCUT2D eigenvalue weighted by atomic mass is 16.7. The van der Waals surface area contributed by atoms with E-state index < -0.39 is 6.10 Å². The number of aliphatic hydroxyl groups is 1. The van der Waals surface area contributed by atoms with E-state index in [1.807, 2.05) is 6.08 Å².